The van der Waals surface area contributed by atoms with Gasteiger partial charge >= 0.3 is 11.7 Å². The van der Waals surface area contributed by atoms with Crippen LogP contribution in [0.15, 0.2) is 18.2 Å². The maximum absolute atomic E-state index is 12.0. The molecule has 0 amide bonds. The number of benzene rings is 1. The van der Waals surface area contributed by atoms with Crippen LogP contribution in [-0.4, -0.2) is 27.8 Å². The van der Waals surface area contributed by atoms with Gasteiger partial charge in [0.05, 0.1) is 12.0 Å². The van der Waals surface area contributed by atoms with E-state index >= 15 is 0 Å². The lowest BCUT2D eigenvalue weighted by atomic mass is 10.1. The predicted octanol–water partition coefficient (Wildman–Crippen LogP) is 2.47. The third kappa shape index (κ3) is 3.70. The van der Waals surface area contributed by atoms with Crippen LogP contribution in [0.25, 0.3) is 0 Å². The molecule has 2 rings (SSSR count). The summed E-state index contributed by atoms with van der Waals surface area (Å²) < 4.78 is 11.7. The zero-order valence-electron chi connectivity index (χ0n) is 14.0. The van der Waals surface area contributed by atoms with Crippen molar-refractivity contribution in [3.8, 4) is 5.75 Å². The van der Waals surface area contributed by atoms with Crippen molar-refractivity contribution in [1.29, 1.82) is 0 Å². The second kappa shape index (κ2) is 7.12. The number of hydrogen-bond acceptors (Lipinski definition) is 6. The molecule has 0 saturated heterocycles. The molecular formula is C16H19N3O5. The molecule has 0 N–H and O–H groups in total. The van der Waals surface area contributed by atoms with Crippen molar-refractivity contribution >= 4 is 11.7 Å². The van der Waals surface area contributed by atoms with Gasteiger partial charge in [0.25, 0.3) is 0 Å². The van der Waals surface area contributed by atoms with Gasteiger partial charge in [-0.1, -0.05) is 12.1 Å². The fraction of sp³-hybridized carbons (Fsp3) is 0.375. The number of aromatic nitrogens is 2. The van der Waals surface area contributed by atoms with Crippen molar-refractivity contribution in [3.05, 3.63) is 50.8 Å². The monoisotopic (exact) mass is 333 g/mol. The van der Waals surface area contributed by atoms with E-state index in [1.54, 1.807) is 20.1 Å². The van der Waals surface area contributed by atoms with Crippen LogP contribution in [-0.2, 0) is 22.7 Å². The molecule has 128 valence electrons. The number of carbonyl (C=O) groups excluding carboxylic acids is 1. The van der Waals surface area contributed by atoms with Crippen LogP contribution in [0, 0.1) is 30.9 Å². The molecule has 1 heterocycles. The SMILES string of the molecule is COc1cc(COC(=O)Cn2nc(C)c([N+](=O)[O-])c2C)ccc1C. The van der Waals surface area contributed by atoms with Crippen molar-refractivity contribution in [1.82, 2.24) is 9.78 Å². The smallest absolute Gasteiger partial charge is 0.328 e. The molecule has 1 aromatic carbocycles. The first-order chi connectivity index (χ1) is 11.3. The molecule has 1 aromatic heterocycles. The van der Waals surface area contributed by atoms with Gasteiger partial charge in [0.15, 0.2) is 0 Å². The Balaban J connectivity index is 2.02. The summed E-state index contributed by atoms with van der Waals surface area (Å²) in [6.45, 7) is 4.92. The molecule has 8 heteroatoms. The Kier molecular flexibility index (Phi) is 5.18. The van der Waals surface area contributed by atoms with Crippen LogP contribution in [0.2, 0.25) is 0 Å². The van der Waals surface area contributed by atoms with Crippen LogP contribution < -0.4 is 4.74 Å². The number of aryl methyl sites for hydroxylation is 2. The number of methoxy groups -OCH3 is 1. The first kappa shape index (κ1) is 17.5. The van der Waals surface area contributed by atoms with Gasteiger partial charge in [-0.15, -0.1) is 0 Å². The van der Waals surface area contributed by atoms with Gasteiger partial charge in [-0.05, 0) is 38.0 Å². The Bertz CT molecular complexity index is 782. The molecule has 0 radical (unpaired) electrons. The van der Waals surface area contributed by atoms with Gasteiger partial charge in [0.1, 0.15) is 30.3 Å². The zero-order chi connectivity index (χ0) is 17.9. The van der Waals surface area contributed by atoms with Crippen molar-refractivity contribution in [2.24, 2.45) is 0 Å². The quantitative estimate of drug-likeness (QED) is 0.458. The molecule has 0 fully saturated rings. The molecule has 8 nitrogen and oxygen atoms in total. The lowest BCUT2D eigenvalue weighted by Gasteiger charge is -2.09. The van der Waals surface area contributed by atoms with E-state index in [9.17, 15) is 14.9 Å². The highest BCUT2D eigenvalue weighted by molar-refractivity contribution is 5.69. The predicted molar refractivity (Wildman–Crippen MR) is 85.9 cm³/mol. The molecule has 0 aliphatic rings. The Morgan fingerprint density at radius 1 is 1.33 bits per heavy atom. The molecule has 0 unspecified atom stereocenters. The van der Waals surface area contributed by atoms with E-state index in [1.807, 2.05) is 19.1 Å². The molecule has 0 aliphatic heterocycles. The van der Waals surface area contributed by atoms with E-state index in [0.29, 0.717) is 5.69 Å². The number of esters is 1. The normalized spacial score (nSPS) is 10.5. The lowest BCUT2D eigenvalue weighted by molar-refractivity contribution is -0.386. The third-order valence-electron chi connectivity index (χ3n) is 3.68. The highest BCUT2D eigenvalue weighted by Crippen LogP contribution is 2.22. The Morgan fingerprint density at radius 3 is 2.62 bits per heavy atom. The van der Waals surface area contributed by atoms with E-state index in [0.717, 1.165) is 16.9 Å². The number of nitro groups is 1. The second-order valence-corrected chi connectivity index (χ2v) is 5.40. The fourth-order valence-corrected chi connectivity index (χ4v) is 2.39. The summed E-state index contributed by atoms with van der Waals surface area (Å²) in [4.78, 5) is 22.4. The number of carbonyl (C=O) groups is 1. The summed E-state index contributed by atoms with van der Waals surface area (Å²) in [5.74, 6) is 0.202. The van der Waals surface area contributed by atoms with Crippen LogP contribution >= 0.6 is 0 Å². The largest absolute Gasteiger partial charge is 0.496 e. The van der Waals surface area contributed by atoms with E-state index in [2.05, 4.69) is 5.10 Å². The number of rotatable bonds is 6. The summed E-state index contributed by atoms with van der Waals surface area (Å²) in [5.41, 5.74) is 2.30. The maximum Gasteiger partial charge on any atom is 0.328 e. The van der Waals surface area contributed by atoms with Crippen LogP contribution in [0.4, 0.5) is 5.69 Å². The molecule has 0 bridgehead atoms. The zero-order valence-corrected chi connectivity index (χ0v) is 14.0. The van der Waals surface area contributed by atoms with E-state index in [-0.39, 0.29) is 24.5 Å². The number of nitrogens with zero attached hydrogens (tertiary/aromatic N) is 3. The summed E-state index contributed by atoms with van der Waals surface area (Å²) in [6, 6.07) is 5.53. The molecule has 0 atom stereocenters. The standard InChI is InChI=1S/C16H19N3O5/c1-10-5-6-13(7-14(10)23-4)9-24-15(20)8-18-12(3)16(19(21)22)11(2)17-18/h5-7H,8-9H2,1-4H3. The topological polar surface area (TPSA) is 96.5 Å². The van der Waals surface area contributed by atoms with Gasteiger partial charge in [0.2, 0.25) is 0 Å². The summed E-state index contributed by atoms with van der Waals surface area (Å²) in [6.07, 6.45) is 0. The highest BCUT2D eigenvalue weighted by Gasteiger charge is 2.23. The number of hydrogen-bond donors (Lipinski definition) is 0. The van der Waals surface area contributed by atoms with E-state index in [4.69, 9.17) is 9.47 Å². The average Bonchev–Trinajstić information content (AvgIpc) is 2.80. The van der Waals surface area contributed by atoms with Crippen molar-refractivity contribution in [2.45, 2.75) is 33.9 Å². The van der Waals surface area contributed by atoms with Gasteiger partial charge in [-0.25, -0.2) is 0 Å². The van der Waals surface area contributed by atoms with Crippen molar-refractivity contribution in [3.63, 3.8) is 0 Å². The minimum absolute atomic E-state index is 0.0777. The molecule has 24 heavy (non-hydrogen) atoms. The Labute approximate surface area is 139 Å². The summed E-state index contributed by atoms with van der Waals surface area (Å²) in [7, 11) is 1.58. The Hall–Kier alpha value is -2.90. The van der Waals surface area contributed by atoms with Crippen LogP contribution in [0.1, 0.15) is 22.5 Å². The highest BCUT2D eigenvalue weighted by atomic mass is 16.6. The Morgan fingerprint density at radius 2 is 2.04 bits per heavy atom. The van der Waals surface area contributed by atoms with Crippen molar-refractivity contribution in [2.75, 3.05) is 7.11 Å². The lowest BCUT2D eigenvalue weighted by Crippen LogP contribution is -2.15. The van der Waals surface area contributed by atoms with Crippen molar-refractivity contribution < 1.29 is 19.2 Å². The summed E-state index contributed by atoms with van der Waals surface area (Å²) >= 11 is 0. The average molecular weight is 333 g/mol. The molecule has 0 aliphatic carbocycles. The van der Waals surface area contributed by atoms with E-state index in [1.165, 1.54) is 11.6 Å². The van der Waals surface area contributed by atoms with Gasteiger partial charge < -0.3 is 9.47 Å². The van der Waals surface area contributed by atoms with Gasteiger partial charge in [0, 0.05) is 0 Å². The maximum atomic E-state index is 12.0. The molecule has 0 saturated carbocycles. The first-order valence-electron chi connectivity index (χ1n) is 7.31. The minimum Gasteiger partial charge on any atom is -0.496 e. The van der Waals surface area contributed by atoms with Gasteiger partial charge in [-0.2, -0.15) is 5.10 Å². The first-order valence-corrected chi connectivity index (χ1v) is 7.31. The number of ether oxygens (including phenoxy) is 2. The molecular weight excluding hydrogens is 314 g/mol. The fourth-order valence-electron chi connectivity index (χ4n) is 2.39. The summed E-state index contributed by atoms with van der Waals surface area (Å²) in [5, 5.41) is 15.0. The van der Waals surface area contributed by atoms with Gasteiger partial charge in [-0.3, -0.25) is 19.6 Å². The minimum atomic E-state index is -0.518. The second-order valence-electron chi connectivity index (χ2n) is 5.40. The van der Waals surface area contributed by atoms with Crippen LogP contribution in [0.3, 0.4) is 0 Å². The molecule has 0 spiro atoms. The van der Waals surface area contributed by atoms with E-state index < -0.39 is 10.9 Å². The molecule has 2 aromatic rings. The van der Waals surface area contributed by atoms with Crippen LogP contribution in [0.5, 0.6) is 5.75 Å². The third-order valence-corrected chi connectivity index (χ3v) is 3.68.